The maximum absolute atomic E-state index is 13.1. The van der Waals surface area contributed by atoms with E-state index in [1.165, 1.54) is 35.3 Å². The number of rotatable bonds is 1. The van der Waals surface area contributed by atoms with Crippen LogP contribution in [0.3, 0.4) is 0 Å². The van der Waals surface area contributed by atoms with Crippen molar-refractivity contribution in [1.29, 1.82) is 0 Å². The fourth-order valence-electron chi connectivity index (χ4n) is 5.35. The largest absolute Gasteiger partial charge is 0.274 e. The van der Waals surface area contributed by atoms with Crippen LogP contribution in [0.4, 0.5) is 5.69 Å². The van der Waals surface area contributed by atoms with E-state index in [9.17, 15) is 9.59 Å². The van der Waals surface area contributed by atoms with E-state index in [1.807, 2.05) is 0 Å². The van der Waals surface area contributed by atoms with E-state index in [1.54, 1.807) is 24.3 Å². The van der Waals surface area contributed by atoms with Crippen LogP contribution < -0.4 is 4.90 Å². The van der Waals surface area contributed by atoms with Crippen molar-refractivity contribution in [2.24, 2.45) is 23.7 Å². The Bertz CT molecular complexity index is 781. The Morgan fingerprint density at radius 2 is 1.40 bits per heavy atom. The summed E-state index contributed by atoms with van der Waals surface area (Å²) >= 11 is 5.94. The second kappa shape index (κ2) is 5.57. The first-order chi connectivity index (χ1) is 12.2. The van der Waals surface area contributed by atoms with Gasteiger partial charge in [-0.15, -0.1) is 0 Å². The van der Waals surface area contributed by atoms with E-state index in [0.29, 0.717) is 10.7 Å². The van der Waals surface area contributed by atoms with Crippen LogP contribution >= 0.6 is 11.6 Å². The smallest absolute Gasteiger partial charge is 0.238 e. The third-order valence-electron chi connectivity index (χ3n) is 6.37. The summed E-state index contributed by atoms with van der Waals surface area (Å²) in [6.07, 6.45) is 10.4. The molecule has 25 heavy (non-hydrogen) atoms. The van der Waals surface area contributed by atoms with Crippen molar-refractivity contribution in [3.63, 3.8) is 0 Å². The molecule has 3 aliphatic carbocycles. The van der Waals surface area contributed by atoms with Gasteiger partial charge < -0.3 is 0 Å². The van der Waals surface area contributed by atoms with Crippen molar-refractivity contribution in [1.82, 2.24) is 0 Å². The van der Waals surface area contributed by atoms with Crippen molar-refractivity contribution >= 4 is 29.1 Å². The van der Waals surface area contributed by atoms with Gasteiger partial charge in [-0.2, -0.15) is 0 Å². The summed E-state index contributed by atoms with van der Waals surface area (Å²) in [6.45, 7) is 0. The summed E-state index contributed by atoms with van der Waals surface area (Å²) in [4.78, 5) is 27.6. The zero-order valence-corrected chi connectivity index (χ0v) is 14.7. The Morgan fingerprint density at radius 3 is 1.96 bits per heavy atom. The van der Waals surface area contributed by atoms with Crippen molar-refractivity contribution < 1.29 is 9.59 Å². The molecule has 3 nitrogen and oxygen atoms in total. The normalized spacial score (nSPS) is 33.6. The molecule has 2 bridgehead atoms. The molecule has 0 unspecified atom stereocenters. The van der Waals surface area contributed by atoms with Gasteiger partial charge in [0.2, 0.25) is 11.8 Å². The molecule has 1 aromatic carbocycles. The number of benzene rings is 1. The molecular weight excluding hydrogens is 334 g/mol. The van der Waals surface area contributed by atoms with Crippen molar-refractivity contribution in [2.45, 2.75) is 32.1 Å². The van der Waals surface area contributed by atoms with E-state index in [-0.39, 0.29) is 35.5 Å². The molecule has 2 saturated carbocycles. The van der Waals surface area contributed by atoms with Crippen molar-refractivity contribution in [3.8, 4) is 0 Å². The molecule has 0 aromatic heterocycles. The zero-order chi connectivity index (χ0) is 17.1. The quantitative estimate of drug-likeness (QED) is 0.549. The first-order valence-electron chi connectivity index (χ1n) is 9.20. The minimum atomic E-state index is -0.206. The molecule has 128 valence electrons. The number of carbonyl (C=O) groups is 2. The van der Waals surface area contributed by atoms with Gasteiger partial charge in [0.05, 0.1) is 17.5 Å². The maximum atomic E-state index is 13.1. The molecule has 0 N–H and O–H groups in total. The van der Waals surface area contributed by atoms with Crippen LogP contribution in [0.5, 0.6) is 0 Å². The van der Waals surface area contributed by atoms with Crippen LogP contribution in [0, 0.1) is 23.7 Å². The van der Waals surface area contributed by atoms with Gasteiger partial charge in [0.25, 0.3) is 0 Å². The molecule has 0 spiro atoms. The summed E-state index contributed by atoms with van der Waals surface area (Å²) in [6, 6.07) is 6.98. The van der Waals surface area contributed by atoms with E-state index in [0.717, 1.165) is 12.8 Å². The first kappa shape index (κ1) is 15.4. The van der Waals surface area contributed by atoms with E-state index in [2.05, 4.69) is 12.2 Å². The highest BCUT2D eigenvalue weighted by atomic mass is 35.5. The lowest BCUT2D eigenvalue weighted by atomic mass is 9.85. The number of hydrogen-bond acceptors (Lipinski definition) is 2. The molecule has 3 fully saturated rings. The maximum Gasteiger partial charge on any atom is 0.238 e. The topological polar surface area (TPSA) is 37.4 Å². The Morgan fingerprint density at radius 1 is 0.840 bits per heavy atom. The van der Waals surface area contributed by atoms with Gasteiger partial charge in [0.15, 0.2) is 0 Å². The average molecular weight is 354 g/mol. The highest BCUT2D eigenvalue weighted by molar-refractivity contribution is 6.31. The van der Waals surface area contributed by atoms with Crippen LogP contribution in [0.25, 0.3) is 0 Å². The molecule has 1 aromatic rings. The molecule has 0 radical (unpaired) electrons. The van der Waals surface area contributed by atoms with Crippen molar-refractivity contribution in [3.05, 3.63) is 52.6 Å². The lowest BCUT2D eigenvalue weighted by Gasteiger charge is -2.23. The van der Waals surface area contributed by atoms with Gasteiger partial charge in [0.1, 0.15) is 0 Å². The predicted octanol–water partition coefficient (Wildman–Crippen LogP) is 4.52. The SMILES string of the molecule is O=C1[C@@H]2[C@H](C(=O)N1c1ccc(Cl)cc1)[C@H]1C=C[C@@H]2C1=C1CCCCC1. The second-order valence-corrected chi connectivity index (χ2v) is 8.03. The molecular formula is C21H20ClNO2. The monoisotopic (exact) mass is 353 g/mol. The van der Waals surface area contributed by atoms with Gasteiger partial charge in [-0.3, -0.25) is 9.59 Å². The minimum absolute atomic E-state index is 0.0388. The number of anilines is 1. The molecule has 4 heteroatoms. The Kier molecular flexibility index (Phi) is 3.43. The van der Waals surface area contributed by atoms with E-state index in [4.69, 9.17) is 11.6 Å². The van der Waals surface area contributed by atoms with Crippen LogP contribution in [0.15, 0.2) is 47.6 Å². The van der Waals surface area contributed by atoms with Gasteiger partial charge in [-0.05, 0) is 49.9 Å². The number of amides is 2. The Hall–Kier alpha value is -1.87. The Labute approximate surface area is 152 Å². The number of fused-ring (bicyclic) bond motifs is 5. The highest BCUT2D eigenvalue weighted by Crippen LogP contribution is 2.58. The molecule has 1 aliphatic heterocycles. The number of nitrogens with zero attached hydrogens (tertiary/aromatic N) is 1. The molecule has 4 aliphatic rings. The first-order valence-corrected chi connectivity index (χ1v) is 9.58. The molecule has 2 amide bonds. The predicted molar refractivity (Wildman–Crippen MR) is 97.2 cm³/mol. The third-order valence-corrected chi connectivity index (χ3v) is 6.62. The number of carbonyl (C=O) groups excluding carboxylic acids is 2. The zero-order valence-electron chi connectivity index (χ0n) is 14.0. The summed E-state index contributed by atoms with van der Waals surface area (Å²) in [5.74, 6) is -0.218. The highest BCUT2D eigenvalue weighted by Gasteiger charge is 2.62. The molecule has 5 rings (SSSR count). The average Bonchev–Trinajstić information content (AvgIpc) is 3.27. The van der Waals surface area contributed by atoms with Gasteiger partial charge in [-0.1, -0.05) is 41.3 Å². The third kappa shape index (κ3) is 2.11. The molecule has 1 heterocycles. The fourth-order valence-corrected chi connectivity index (χ4v) is 5.47. The van der Waals surface area contributed by atoms with Gasteiger partial charge in [0, 0.05) is 16.9 Å². The minimum Gasteiger partial charge on any atom is -0.274 e. The summed E-state index contributed by atoms with van der Waals surface area (Å²) < 4.78 is 0. The fraction of sp³-hybridized carbons (Fsp3) is 0.429. The summed E-state index contributed by atoms with van der Waals surface area (Å²) in [7, 11) is 0. The molecule has 4 atom stereocenters. The van der Waals surface area contributed by atoms with E-state index >= 15 is 0 Å². The second-order valence-electron chi connectivity index (χ2n) is 7.60. The Balaban J connectivity index is 1.52. The van der Waals surface area contributed by atoms with Gasteiger partial charge >= 0.3 is 0 Å². The lowest BCUT2D eigenvalue weighted by molar-refractivity contribution is -0.122. The van der Waals surface area contributed by atoms with Crippen molar-refractivity contribution in [2.75, 3.05) is 4.90 Å². The summed E-state index contributed by atoms with van der Waals surface area (Å²) in [5, 5.41) is 0.606. The van der Waals surface area contributed by atoms with Crippen LogP contribution in [0.1, 0.15) is 32.1 Å². The van der Waals surface area contributed by atoms with Crippen LogP contribution in [-0.2, 0) is 9.59 Å². The van der Waals surface area contributed by atoms with Crippen LogP contribution in [0.2, 0.25) is 5.02 Å². The number of imide groups is 1. The number of hydrogen-bond donors (Lipinski definition) is 0. The molecule has 1 saturated heterocycles. The van der Waals surface area contributed by atoms with Gasteiger partial charge in [-0.25, -0.2) is 4.90 Å². The standard InChI is InChI=1S/C21H20ClNO2/c22-13-6-8-14(9-7-13)23-20(24)18-15-10-11-16(19(18)21(23)25)17(15)12-4-2-1-3-5-12/h6-11,15-16,18-19H,1-5H2/t15-,16+,18+,19-. The number of halogens is 1. The number of allylic oxidation sites excluding steroid dienone is 4. The summed E-state index contributed by atoms with van der Waals surface area (Å²) in [5.41, 5.74) is 3.58. The van der Waals surface area contributed by atoms with Crippen LogP contribution in [-0.4, -0.2) is 11.8 Å². The van der Waals surface area contributed by atoms with E-state index < -0.39 is 0 Å². The lowest BCUT2D eigenvalue weighted by Crippen LogP contribution is -2.33.